The molecule has 0 spiro atoms. The normalized spacial score (nSPS) is 19.9. The predicted molar refractivity (Wildman–Crippen MR) is 133 cm³/mol. The topological polar surface area (TPSA) is 83.8 Å². The van der Waals surface area contributed by atoms with Crippen molar-refractivity contribution in [1.82, 2.24) is 4.57 Å². The number of carbonyl (C=O) groups excluding carboxylic acids is 1. The van der Waals surface area contributed by atoms with Gasteiger partial charge in [-0.1, -0.05) is 0 Å². The summed E-state index contributed by atoms with van der Waals surface area (Å²) >= 11 is 0. The molecule has 0 radical (unpaired) electrons. The third kappa shape index (κ3) is 6.79. The van der Waals surface area contributed by atoms with Gasteiger partial charge in [0.2, 0.25) is 5.56 Å². The van der Waals surface area contributed by atoms with Crippen molar-refractivity contribution in [1.29, 1.82) is 0 Å². The molecule has 1 fully saturated rings. The van der Waals surface area contributed by atoms with Gasteiger partial charge in [-0.3, -0.25) is 13.8 Å². The van der Waals surface area contributed by atoms with Gasteiger partial charge >= 0.3 is 13.1 Å². The molecule has 33 heavy (non-hydrogen) atoms. The Morgan fingerprint density at radius 1 is 1.12 bits per heavy atom. The zero-order valence-corrected chi connectivity index (χ0v) is 22.8. The van der Waals surface area contributed by atoms with E-state index in [-0.39, 0.29) is 17.7 Å². The molecule has 1 aliphatic rings. The highest BCUT2D eigenvalue weighted by Crippen LogP contribution is 2.37. The van der Waals surface area contributed by atoms with Crippen LogP contribution >= 0.6 is 0 Å². The summed E-state index contributed by atoms with van der Waals surface area (Å²) in [7, 11) is -0.316. The molecular formula is C24H40BNO6S. The lowest BCUT2D eigenvalue weighted by Gasteiger charge is -2.32. The predicted octanol–water partition coefficient (Wildman–Crippen LogP) is 3.05. The highest BCUT2D eigenvalue weighted by molar-refractivity contribution is 7.86. The molecule has 1 aromatic rings. The Balaban J connectivity index is 2.57. The Bertz CT molecular complexity index is 955. The van der Waals surface area contributed by atoms with Gasteiger partial charge in [0, 0.05) is 52.0 Å². The molecule has 0 aliphatic carbocycles. The second kappa shape index (κ2) is 9.31. The van der Waals surface area contributed by atoms with E-state index in [4.69, 9.17) is 14.0 Å². The van der Waals surface area contributed by atoms with Gasteiger partial charge in [-0.05, 0) is 74.8 Å². The molecular weight excluding hydrogens is 441 g/mol. The summed E-state index contributed by atoms with van der Waals surface area (Å²) in [6.45, 7) is 18.9. The van der Waals surface area contributed by atoms with Gasteiger partial charge in [0.15, 0.2) is 0 Å². The van der Waals surface area contributed by atoms with E-state index in [1.807, 2.05) is 48.5 Å². The lowest BCUT2D eigenvalue weighted by Crippen LogP contribution is -2.42. The largest absolute Gasteiger partial charge is 0.496 e. The number of esters is 1. The fourth-order valence-corrected chi connectivity index (χ4v) is 4.62. The fourth-order valence-electron chi connectivity index (χ4n) is 3.46. The van der Waals surface area contributed by atoms with E-state index in [0.717, 1.165) is 0 Å². The smallest absolute Gasteiger partial charge is 0.460 e. The fraction of sp³-hybridized carbons (Fsp3) is 0.750. The van der Waals surface area contributed by atoms with Gasteiger partial charge < -0.3 is 18.6 Å². The van der Waals surface area contributed by atoms with Gasteiger partial charge in [0.05, 0.1) is 17.6 Å². The van der Waals surface area contributed by atoms with Crippen LogP contribution in [0.25, 0.3) is 0 Å². The van der Waals surface area contributed by atoms with Crippen LogP contribution in [-0.2, 0) is 36.7 Å². The van der Waals surface area contributed by atoms with Crippen molar-refractivity contribution in [2.75, 3.05) is 5.75 Å². The first-order chi connectivity index (χ1) is 14.7. The van der Waals surface area contributed by atoms with Crippen LogP contribution in [-0.4, -0.2) is 49.2 Å². The van der Waals surface area contributed by atoms with Crippen LogP contribution in [0.2, 0.25) is 0 Å². The van der Waals surface area contributed by atoms with E-state index in [2.05, 4.69) is 0 Å². The number of rotatable bonds is 6. The molecule has 0 N–H and O–H groups in total. The van der Waals surface area contributed by atoms with Crippen LogP contribution in [0.1, 0.15) is 87.1 Å². The Kier molecular flexibility index (Phi) is 7.84. The van der Waals surface area contributed by atoms with Crippen LogP contribution in [0.3, 0.4) is 0 Å². The monoisotopic (exact) mass is 481 g/mol. The summed E-state index contributed by atoms with van der Waals surface area (Å²) < 4.78 is 32.2. The molecule has 1 aliphatic heterocycles. The second-order valence-corrected chi connectivity index (χ2v) is 14.1. The summed E-state index contributed by atoms with van der Waals surface area (Å²) in [6.07, 6.45) is 1.70. The van der Waals surface area contributed by atoms with Crippen LogP contribution < -0.4 is 11.0 Å². The number of aryl methyl sites for hydroxylation is 1. The van der Waals surface area contributed by atoms with Crippen molar-refractivity contribution >= 4 is 29.4 Å². The molecule has 2 atom stereocenters. The number of carbonyl (C=O) groups is 1. The summed E-state index contributed by atoms with van der Waals surface area (Å²) in [5.74, 6) is -0.690. The summed E-state index contributed by atoms with van der Waals surface area (Å²) in [5, 5.41) is 0. The number of aromatic nitrogens is 1. The average Bonchev–Trinajstić information content (AvgIpc) is 2.81. The third-order valence-corrected chi connectivity index (χ3v) is 8.18. The van der Waals surface area contributed by atoms with E-state index < -0.39 is 51.4 Å². The summed E-state index contributed by atoms with van der Waals surface area (Å²) in [4.78, 5) is 25.4. The molecule has 0 aromatic carbocycles. The molecule has 7 nitrogen and oxygen atoms in total. The first-order valence-electron chi connectivity index (χ1n) is 11.4. The Morgan fingerprint density at radius 3 is 2.09 bits per heavy atom. The number of ether oxygens (including phenoxy) is 1. The minimum Gasteiger partial charge on any atom is -0.460 e. The molecule has 9 heteroatoms. The van der Waals surface area contributed by atoms with E-state index >= 15 is 0 Å². The lowest BCUT2D eigenvalue weighted by atomic mass is 9.74. The molecule has 1 aromatic heterocycles. The summed E-state index contributed by atoms with van der Waals surface area (Å²) in [5.41, 5.74) is -0.736. The van der Waals surface area contributed by atoms with Gasteiger partial charge in [0.1, 0.15) is 5.60 Å². The Morgan fingerprint density at radius 2 is 1.64 bits per heavy atom. The molecule has 0 bridgehead atoms. The second-order valence-electron chi connectivity index (χ2n) is 11.8. The minimum absolute atomic E-state index is 0.00123. The Hall–Kier alpha value is -1.45. The van der Waals surface area contributed by atoms with E-state index in [0.29, 0.717) is 11.0 Å². The van der Waals surface area contributed by atoms with Crippen LogP contribution in [0.15, 0.2) is 17.1 Å². The first-order valence-corrected chi connectivity index (χ1v) is 12.7. The van der Waals surface area contributed by atoms with Crippen molar-refractivity contribution in [3.05, 3.63) is 28.2 Å². The molecule has 186 valence electrons. The van der Waals surface area contributed by atoms with Gasteiger partial charge in [-0.2, -0.15) is 0 Å². The maximum Gasteiger partial charge on any atom is 0.496 e. The van der Waals surface area contributed by atoms with Crippen molar-refractivity contribution < 1.29 is 23.0 Å². The number of pyridine rings is 1. The van der Waals surface area contributed by atoms with Gasteiger partial charge in [-0.15, -0.1) is 0 Å². The third-order valence-electron chi connectivity index (χ3n) is 6.11. The van der Waals surface area contributed by atoms with Gasteiger partial charge in [0.25, 0.3) is 0 Å². The minimum atomic E-state index is -1.26. The molecule has 0 amide bonds. The molecule has 1 saturated heterocycles. The van der Waals surface area contributed by atoms with Crippen molar-refractivity contribution in [3.8, 4) is 0 Å². The highest BCUT2D eigenvalue weighted by atomic mass is 32.2. The maximum absolute atomic E-state index is 13.1. The van der Waals surface area contributed by atoms with Crippen molar-refractivity contribution in [2.45, 2.75) is 103 Å². The van der Waals surface area contributed by atoms with E-state index in [1.165, 1.54) is 10.6 Å². The number of hydrogen-bond donors (Lipinski definition) is 0. The molecule has 2 rings (SSSR count). The van der Waals surface area contributed by atoms with E-state index in [9.17, 15) is 13.8 Å². The SMILES string of the molecule is Cn1cc(B2OC(C)(C)C(C)(C)O2)c([C@H](CC(=O)OC(C)(C)C)C[S@@](=O)C(C)(C)C)cc1=O. The van der Waals surface area contributed by atoms with Crippen LogP contribution in [0.5, 0.6) is 0 Å². The van der Waals surface area contributed by atoms with Crippen molar-refractivity contribution in [2.24, 2.45) is 7.05 Å². The van der Waals surface area contributed by atoms with Crippen LogP contribution in [0.4, 0.5) is 0 Å². The maximum atomic E-state index is 13.1. The van der Waals surface area contributed by atoms with Gasteiger partial charge in [-0.25, -0.2) is 0 Å². The molecule has 0 saturated carbocycles. The average molecular weight is 481 g/mol. The van der Waals surface area contributed by atoms with E-state index in [1.54, 1.807) is 34.0 Å². The Labute approximate surface area is 201 Å². The zero-order chi connectivity index (χ0) is 25.6. The quantitative estimate of drug-likeness (QED) is 0.459. The zero-order valence-electron chi connectivity index (χ0n) is 22.0. The first kappa shape index (κ1) is 27.8. The standard InChI is InChI=1S/C24H40BNO6S/c1-21(2,3)30-20(28)12-16(15-33(29)22(4,5)6)17-13-19(27)26(11)14-18(17)25-31-23(7,8)24(9,10)32-25/h13-14,16H,12,15H2,1-11H3/t16-,33-/m1/s1. The summed E-state index contributed by atoms with van der Waals surface area (Å²) in [6, 6.07) is 1.51. The highest BCUT2D eigenvalue weighted by Gasteiger charge is 2.52. The molecule has 2 heterocycles. The van der Waals surface area contributed by atoms with Crippen molar-refractivity contribution in [3.63, 3.8) is 0 Å². The lowest BCUT2D eigenvalue weighted by molar-refractivity contribution is -0.155. The number of hydrogen-bond acceptors (Lipinski definition) is 6. The van der Waals surface area contributed by atoms with Crippen LogP contribution in [0, 0.1) is 0 Å². The molecule has 0 unspecified atom stereocenters. The number of nitrogens with zero attached hydrogens (tertiary/aromatic N) is 1.